The largest absolute Gasteiger partial charge is 0.497 e. The molecule has 1 saturated heterocycles. The number of nitrogens with one attached hydrogen (secondary N) is 1. The van der Waals surface area contributed by atoms with E-state index >= 15 is 0 Å². The highest BCUT2D eigenvalue weighted by Gasteiger charge is 2.27. The molecule has 5 nitrogen and oxygen atoms in total. The van der Waals surface area contributed by atoms with E-state index in [1.807, 2.05) is 36.4 Å². The van der Waals surface area contributed by atoms with Crippen LogP contribution >= 0.6 is 12.4 Å². The van der Waals surface area contributed by atoms with Gasteiger partial charge in [-0.2, -0.15) is 0 Å². The quantitative estimate of drug-likeness (QED) is 0.322. The maximum atomic E-state index is 6.34. The first-order valence-electron chi connectivity index (χ1n) is 12.1. The summed E-state index contributed by atoms with van der Waals surface area (Å²) in [5, 5.41) is 3.47. The first-order valence-corrected chi connectivity index (χ1v) is 12.1. The van der Waals surface area contributed by atoms with Crippen LogP contribution in [0.2, 0.25) is 0 Å². The fourth-order valence-electron chi connectivity index (χ4n) is 4.28. The van der Waals surface area contributed by atoms with E-state index in [4.69, 9.17) is 18.9 Å². The van der Waals surface area contributed by atoms with E-state index in [2.05, 4.69) is 47.8 Å². The van der Waals surface area contributed by atoms with E-state index in [-0.39, 0.29) is 18.5 Å². The number of hydrogen-bond donors (Lipinski definition) is 1. The lowest BCUT2D eigenvalue weighted by atomic mass is 9.87. The zero-order valence-corrected chi connectivity index (χ0v) is 21.2. The van der Waals surface area contributed by atoms with E-state index in [1.165, 1.54) is 11.1 Å². The van der Waals surface area contributed by atoms with Crippen molar-refractivity contribution in [2.75, 3.05) is 33.4 Å². The average molecular weight is 498 g/mol. The van der Waals surface area contributed by atoms with Gasteiger partial charge in [-0.05, 0) is 53.9 Å². The molecule has 0 bridgehead atoms. The molecule has 0 aliphatic carbocycles. The van der Waals surface area contributed by atoms with Crippen molar-refractivity contribution < 1.29 is 18.9 Å². The minimum Gasteiger partial charge on any atom is -0.497 e. The summed E-state index contributed by atoms with van der Waals surface area (Å²) >= 11 is 0. The van der Waals surface area contributed by atoms with Gasteiger partial charge in [0.2, 0.25) is 0 Å². The van der Waals surface area contributed by atoms with Gasteiger partial charge in [-0.1, -0.05) is 54.6 Å². The van der Waals surface area contributed by atoms with Crippen LogP contribution < -0.4 is 14.8 Å². The molecule has 6 heteroatoms. The highest BCUT2D eigenvalue weighted by Crippen LogP contribution is 2.30. The standard InChI is InChI=1S/C29H35NO4.ClH/c1-31-27-10-5-9-24(19-27)22-34-29-20-30-16-15-28(29)25-11-13-26(14-12-25)33-18-6-17-32-21-23-7-3-2-4-8-23;/h2-5,7-14,19,28-30H,6,15-18,20-22H2,1H3;1H. The highest BCUT2D eigenvalue weighted by atomic mass is 35.5. The Kier molecular flexibility index (Phi) is 11.4. The minimum absolute atomic E-state index is 0. The molecule has 3 aromatic carbocycles. The van der Waals surface area contributed by atoms with Crippen molar-refractivity contribution in [1.29, 1.82) is 0 Å². The normalized spacial score (nSPS) is 17.4. The van der Waals surface area contributed by atoms with Crippen molar-refractivity contribution in [2.45, 2.75) is 38.1 Å². The molecule has 0 aromatic heterocycles. The molecular formula is C29H36ClNO4. The average Bonchev–Trinajstić information content (AvgIpc) is 2.91. The summed E-state index contributed by atoms with van der Waals surface area (Å²) in [5.74, 6) is 2.12. The first-order chi connectivity index (χ1) is 16.8. The summed E-state index contributed by atoms with van der Waals surface area (Å²) in [6.45, 7) is 4.42. The fraction of sp³-hybridized carbons (Fsp3) is 0.379. The monoisotopic (exact) mass is 497 g/mol. The summed E-state index contributed by atoms with van der Waals surface area (Å²) < 4.78 is 23.3. The Morgan fingerprint density at radius 3 is 2.43 bits per heavy atom. The molecule has 0 saturated carbocycles. The second-order valence-corrected chi connectivity index (χ2v) is 8.61. The van der Waals surface area contributed by atoms with Gasteiger partial charge in [-0.25, -0.2) is 0 Å². The fourth-order valence-corrected chi connectivity index (χ4v) is 4.28. The lowest BCUT2D eigenvalue weighted by Crippen LogP contribution is -2.40. The van der Waals surface area contributed by atoms with Crippen LogP contribution in [0.5, 0.6) is 11.5 Å². The third kappa shape index (κ3) is 8.55. The van der Waals surface area contributed by atoms with Crippen molar-refractivity contribution in [2.24, 2.45) is 0 Å². The van der Waals surface area contributed by atoms with E-state index < -0.39 is 0 Å². The van der Waals surface area contributed by atoms with Gasteiger partial charge in [0.25, 0.3) is 0 Å². The van der Waals surface area contributed by atoms with Crippen LogP contribution in [0.25, 0.3) is 0 Å². The highest BCUT2D eigenvalue weighted by molar-refractivity contribution is 5.85. The molecule has 1 aliphatic rings. The van der Waals surface area contributed by atoms with Gasteiger partial charge in [0.15, 0.2) is 0 Å². The van der Waals surface area contributed by atoms with Crippen LogP contribution in [0.1, 0.15) is 35.4 Å². The van der Waals surface area contributed by atoms with Gasteiger partial charge < -0.3 is 24.3 Å². The SMILES string of the molecule is COc1cccc(COC2CNCCC2c2ccc(OCCCOCc3ccccc3)cc2)c1.Cl. The predicted molar refractivity (Wildman–Crippen MR) is 142 cm³/mol. The number of benzene rings is 3. The molecular weight excluding hydrogens is 462 g/mol. The van der Waals surface area contributed by atoms with Gasteiger partial charge in [-0.3, -0.25) is 0 Å². The number of rotatable bonds is 12. The van der Waals surface area contributed by atoms with Gasteiger partial charge in [0.1, 0.15) is 11.5 Å². The lowest BCUT2D eigenvalue weighted by Gasteiger charge is -2.32. The molecule has 1 fully saturated rings. The zero-order chi connectivity index (χ0) is 23.4. The Labute approximate surface area is 215 Å². The third-order valence-electron chi connectivity index (χ3n) is 6.15. The molecule has 1 heterocycles. The van der Waals surface area contributed by atoms with Crippen LogP contribution in [0.15, 0.2) is 78.9 Å². The predicted octanol–water partition coefficient (Wildman–Crippen LogP) is 5.77. The van der Waals surface area contributed by atoms with E-state index in [0.29, 0.717) is 32.3 Å². The maximum Gasteiger partial charge on any atom is 0.119 e. The summed E-state index contributed by atoms with van der Waals surface area (Å²) in [6, 6.07) is 26.8. The van der Waals surface area contributed by atoms with Crippen LogP contribution in [-0.4, -0.2) is 39.5 Å². The van der Waals surface area contributed by atoms with Gasteiger partial charge >= 0.3 is 0 Å². The third-order valence-corrected chi connectivity index (χ3v) is 6.15. The second-order valence-electron chi connectivity index (χ2n) is 8.61. The summed E-state index contributed by atoms with van der Waals surface area (Å²) in [6.07, 6.45) is 2.05. The number of halogens is 1. The Balaban J connectivity index is 0.00000342. The molecule has 3 aromatic rings. The lowest BCUT2D eigenvalue weighted by molar-refractivity contribution is 0.0105. The van der Waals surface area contributed by atoms with Crippen LogP contribution in [0.4, 0.5) is 0 Å². The number of ether oxygens (including phenoxy) is 4. The Bertz CT molecular complexity index is 983. The van der Waals surface area contributed by atoms with Crippen molar-refractivity contribution in [3.63, 3.8) is 0 Å². The molecule has 2 atom stereocenters. The molecule has 0 amide bonds. The van der Waals surface area contributed by atoms with Crippen LogP contribution in [-0.2, 0) is 22.7 Å². The topological polar surface area (TPSA) is 49.0 Å². The van der Waals surface area contributed by atoms with Crippen LogP contribution in [0, 0.1) is 0 Å². The van der Waals surface area contributed by atoms with E-state index in [0.717, 1.165) is 43.0 Å². The summed E-state index contributed by atoms with van der Waals surface area (Å²) in [7, 11) is 1.69. The molecule has 1 aliphatic heterocycles. The molecule has 188 valence electrons. The smallest absolute Gasteiger partial charge is 0.119 e. The maximum absolute atomic E-state index is 6.34. The van der Waals surface area contributed by atoms with Crippen molar-refractivity contribution >= 4 is 12.4 Å². The summed E-state index contributed by atoms with van der Waals surface area (Å²) in [4.78, 5) is 0. The van der Waals surface area contributed by atoms with Crippen molar-refractivity contribution in [3.05, 3.63) is 95.6 Å². The minimum atomic E-state index is 0. The second kappa shape index (κ2) is 14.7. The zero-order valence-electron chi connectivity index (χ0n) is 20.4. The number of methoxy groups -OCH3 is 1. The van der Waals surface area contributed by atoms with Crippen molar-refractivity contribution in [3.8, 4) is 11.5 Å². The molecule has 0 radical (unpaired) electrons. The Morgan fingerprint density at radius 1 is 0.829 bits per heavy atom. The Hall–Kier alpha value is -2.57. The summed E-state index contributed by atoms with van der Waals surface area (Å²) in [5.41, 5.74) is 3.62. The Morgan fingerprint density at radius 2 is 1.63 bits per heavy atom. The molecule has 35 heavy (non-hydrogen) atoms. The first kappa shape index (κ1) is 27.0. The molecule has 1 N–H and O–H groups in total. The molecule has 4 rings (SSSR count). The number of piperidine rings is 1. The van der Waals surface area contributed by atoms with Crippen LogP contribution in [0.3, 0.4) is 0 Å². The molecule has 0 spiro atoms. The number of hydrogen-bond acceptors (Lipinski definition) is 5. The van der Waals surface area contributed by atoms with E-state index in [1.54, 1.807) is 7.11 Å². The van der Waals surface area contributed by atoms with Gasteiger partial charge in [0.05, 0.1) is 39.6 Å². The van der Waals surface area contributed by atoms with Crippen molar-refractivity contribution in [1.82, 2.24) is 5.32 Å². The van der Waals surface area contributed by atoms with E-state index in [9.17, 15) is 0 Å². The van der Waals surface area contributed by atoms with Gasteiger partial charge in [0, 0.05) is 18.9 Å². The van der Waals surface area contributed by atoms with Gasteiger partial charge in [-0.15, -0.1) is 12.4 Å². The molecule has 2 unspecified atom stereocenters.